The van der Waals surface area contributed by atoms with Crippen LogP contribution in [0.1, 0.15) is 26.3 Å². The van der Waals surface area contributed by atoms with Gasteiger partial charge >= 0.3 is 0 Å². The number of aliphatic hydroxyl groups is 1. The summed E-state index contributed by atoms with van der Waals surface area (Å²) in [5, 5.41) is 12.1. The molecule has 0 fully saturated rings. The Morgan fingerprint density at radius 2 is 2.05 bits per heavy atom. The number of aliphatic hydroxyl groups excluding tert-OH is 1. The molecule has 0 aliphatic rings. The Hall–Kier alpha value is -1.75. The Kier molecular flexibility index (Phi) is 6.31. The zero-order chi connectivity index (χ0) is 15.1. The number of ether oxygens (including phenoxy) is 2. The molecule has 0 saturated heterocycles. The average molecular weight is 281 g/mol. The Morgan fingerprint density at radius 1 is 1.35 bits per heavy atom. The Morgan fingerprint density at radius 3 is 2.60 bits per heavy atom. The minimum atomic E-state index is -0.182. The molecule has 112 valence electrons. The van der Waals surface area contributed by atoms with Gasteiger partial charge in [0.25, 0.3) is 5.91 Å². The minimum Gasteiger partial charge on any atom is -0.497 e. The first-order valence-corrected chi connectivity index (χ1v) is 6.67. The second kappa shape index (κ2) is 7.75. The first kappa shape index (κ1) is 16.3. The Bertz CT molecular complexity index is 445. The normalized spacial score (nSPS) is 12.1. The molecule has 0 saturated carbocycles. The van der Waals surface area contributed by atoms with E-state index in [1.807, 2.05) is 20.8 Å². The first-order chi connectivity index (χ1) is 9.47. The maximum atomic E-state index is 11.8. The number of amides is 1. The van der Waals surface area contributed by atoms with Gasteiger partial charge in [-0.15, -0.1) is 0 Å². The minimum absolute atomic E-state index is 0.0861. The maximum Gasteiger partial charge on any atom is 0.258 e. The van der Waals surface area contributed by atoms with Gasteiger partial charge in [-0.2, -0.15) is 0 Å². The molecule has 20 heavy (non-hydrogen) atoms. The largest absolute Gasteiger partial charge is 0.497 e. The summed E-state index contributed by atoms with van der Waals surface area (Å²) in [5.41, 5.74) is 0.621. The van der Waals surface area contributed by atoms with E-state index in [2.05, 4.69) is 5.32 Å². The van der Waals surface area contributed by atoms with E-state index in [9.17, 15) is 9.90 Å². The molecule has 2 N–H and O–H groups in total. The van der Waals surface area contributed by atoms with Gasteiger partial charge in [0.05, 0.1) is 13.7 Å². The van der Waals surface area contributed by atoms with Crippen LogP contribution in [0, 0.1) is 5.92 Å². The molecule has 1 atom stereocenters. The molecule has 1 aromatic rings. The third kappa shape index (κ3) is 4.74. The van der Waals surface area contributed by atoms with Crippen molar-refractivity contribution >= 4 is 5.91 Å². The third-order valence-corrected chi connectivity index (χ3v) is 3.19. The van der Waals surface area contributed by atoms with E-state index in [4.69, 9.17) is 9.47 Å². The van der Waals surface area contributed by atoms with Gasteiger partial charge < -0.3 is 19.9 Å². The third-order valence-electron chi connectivity index (χ3n) is 3.19. The number of rotatable bonds is 7. The van der Waals surface area contributed by atoms with Crippen molar-refractivity contribution in [1.82, 2.24) is 5.32 Å². The molecule has 0 bridgehead atoms. The van der Waals surface area contributed by atoms with Crippen LogP contribution in [0.15, 0.2) is 18.2 Å². The summed E-state index contributed by atoms with van der Waals surface area (Å²) in [5.74, 6) is 1.26. The van der Waals surface area contributed by atoms with Crippen LogP contribution in [0.2, 0.25) is 0 Å². The van der Waals surface area contributed by atoms with Crippen molar-refractivity contribution in [2.45, 2.75) is 33.4 Å². The number of carbonyl (C=O) groups is 1. The van der Waals surface area contributed by atoms with Crippen LogP contribution in [0.25, 0.3) is 0 Å². The molecule has 0 radical (unpaired) electrons. The van der Waals surface area contributed by atoms with Gasteiger partial charge in [-0.05, 0) is 25.0 Å². The monoisotopic (exact) mass is 281 g/mol. The summed E-state index contributed by atoms with van der Waals surface area (Å²) in [7, 11) is 1.55. The lowest BCUT2D eigenvalue weighted by atomic mass is 10.1. The first-order valence-electron chi connectivity index (χ1n) is 6.67. The van der Waals surface area contributed by atoms with Crippen molar-refractivity contribution in [2.24, 2.45) is 5.92 Å². The number of hydrogen-bond acceptors (Lipinski definition) is 4. The summed E-state index contributed by atoms with van der Waals surface area (Å²) in [6.07, 6.45) is 0. The Balaban J connectivity index is 2.62. The fraction of sp³-hybridized carbons (Fsp3) is 0.533. The van der Waals surface area contributed by atoms with E-state index in [0.717, 1.165) is 0 Å². The zero-order valence-electron chi connectivity index (χ0n) is 12.5. The lowest BCUT2D eigenvalue weighted by Gasteiger charge is -2.18. The fourth-order valence-corrected chi connectivity index (χ4v) is 1.53. The maximum absolute atomic E-state index is 11.8. The van der Waals surface area contributed by atoms with Crippen molar-refractivity contribution in [3.05, 3.63) is 23.8 Å². The molecule has 0 aliphatic heterocycles. The topological polar surface area (TPSA) is 67.8 Å². The SMILES string of the molecule is COc1ccc(CO)c(OCC(=O)NC(C)C(C)C)c1. The van der Waals surface area contributed by atoms with E-state index >= 15 is 0 Å². The second-order valence-corrected chi connectivity index (χ2v) is 5.02. The highest BCUT2D eigenvalue weighted by atomic mass is 16.5. The van der Waals surface area contributed by atoms with Gasteiger partial charge in [-0.25, -0.2) is 0 Å². The van der Waals surface area contributed by atoms with Crippen LogP contribution in [0.5, 0.6) is 11.5 Å². The summed E-state index contributed by atoms with van der Waals surface area (Å²) in [6.45, 7) is 5.79. The number of benzene rings is 1. The summed E-state index contributed by atoms with van der Waals surface area (Å²) in [6, 6.07) is 5.20. The van der Waals surface area contributed by atoms with Crippen LogP contribution in [-0.2, 0) is 11.4 Å². The van der Waals surface area contributed by atoms with Crippen LogP contribution in [0.4, 0.5) is 0 Å². The van der Waals surface area contributed by atoms with E-state index in [-0.39, 0.29) is 25.2 Å². The van der Waals surface area contributed by atoms with Crippen molar-refractivity contribution in [1.29, 1.82) is 0 Å². The van der Waals surface area contributed by atoms with Gasteiger partial charge in [-0.1, -0.05) is 13.8 Å². The van der Waals surface area contributed by atoms with E-state index in [1.165, 1.54) is 0 Å². The van der Waals surface area contributed by atoms with Gasteiger partial charge in [-0.3, -0.25) is 4.79 Å². The molecule has 1 amide bonds. The van der Waals surface area contributed by atoms with Gasteiger partial charge in [0, 0.05) is 17.7 Å². The highest BCUT2D eigenvalue weighted by molar-refractivity contribution is 5.77. The smallest absolute Gasteiger partial charge is 0.258 e. The predicted octanol–water partition coefficient (Wildman–Crippen LogP) is 1.73. The molecular weight excluding hydrogens is 258 g/mol. The number of hydrogen-bond donors (Lipinski definition) is 2. The van der Waals surface area contributed by atoms with Crippen LogP contribution in [0.3, 0.4) is 0 Å². The second-order valence-electron chi connectivity index (χ2n) is 5.02. The highest BCUT2D eigenvalue weighted by Crippen LogP contribution is 2.24. The quantitative estimate of drug-likeness (QED) is 0.798. The van der Waals surface area contributed by atoms with E-state index < -0.39 is 0 Å². The molecule has 1 aromatic carbocycles. The lowest BCUT2D eigenvalue weighted by Crippen LogP contribution is -2.39. The molecule has 0 spiro atoms. The molecule has 0 aromatic heterocycles. The summed E-state index contributed by atoms with van der Waals surface area (Å²) < 4.78 is 10.6. The predicted molar refractivity (Wildman–Crippen MR) is 76.9 cm³/mol. The highest BCUT2D eigenvalue weighted by Gasteiger charge is 2.12. The van der Waals surface area contributed by atoms with Crippen LogP contribution >= 0.6 is 0 Å². The lowest BCUT2D eigenvalue weighted by molar-refractivity contribution is -0.124. The zero-order valence-corrected chi connectivity index (χ0v) is 12.5. The van der Waals surface area contributed by atoms with Crippen LogP contribution in [-0.4, -0.2) is 30.8 Å². The standard InChI is InChI=1S/C15H23NO4/c1-10(2)11(3)16-15(18)9-20-14-7-13(19-4)6-5-12(14)8-17/h5-7,10-11,17H,8-9H2,1-4H3,(H,16,18). The van der Waals surface area contributed by atoms with Crippen LogP contribution < -0.4 is 14.8 Å². The van der Waals surface area contributed by atoms with E-state index in [1.54, 1.807) is 25.3 Å². The van der Waals surface area contributed by atoms with Crippen molar-refractivity contribution < 1.29 is 19.4 Å². The van der Waals surface area contributed by atoms with Crippen molar-refractivity contribution in [3.63, 3.8) is 0 Å². The molecule has 0 heterocycles. The molecule has 1 unspecified atom stereocenters. The van der Waals surface area contributed by atoms with E-state index in [0.29, 0.717) is 23.0 Å². The van der Waals surface area contributed by atoms with Gasteiger partial charge in [0.15, 0.2) is 6.61 Å². The molecule has 1 rings (SSSR count). The average Bonchev–Trinajstić information content (AvgIpc) is 2.44. The summed E-state index contributed by atoms with van der Waals surface area (Å²) in [4.78, 5) is 11.8. The molecule has 0 aliphatic carbocycles. The fourth-order valence-electron chi connectivity index (χ4n) is 1.53. The van der Waals surface area contributed by atoms with Gasteiger partial charge in [0.2, 0.25) is 0 Å². The molecular formula is C15H23NO4. The van der Waals surface area contributed by atoms with Gasteiger partial charge in [0.1, 0.15) is 11.5 Å². The number of methoxy groups -OCH3 is 1. The Labute approximate surface area is 119 Å². The van der Waals surface area contributed by atoms with Crippen molar-refractivity contribution in [3.8, 4) is 11.5 Å². The number of nitrogens with one attached hydrogen (secondary N) is 1. The number of carbonyl (C=O) groups excluding carboxylic acids is 1. The van der Waals surface area contributed by atoms with Crippen molar-refractivity contribution in [2.75, 3.05) is 13.7 Å². The molecule has 5 heteroatoms. The molecule has 5 nitrogen and oxygen atoms in total. The summed E-state index contributed by atoms with van der Waals surface area (Å²) >= 11 is 0.